The Morgan fingerprint density at radius 1 is 1.14 bits per heavy atom. The first kappa shape index (κ1) is 25.3. The SMILES string of the molecule is O=S(=O)(Nc1ncns1)c1cc(F)c(OC[C@@H]2CNCCC2c2ccc(F)c(C(F)F)c2)cc1F. The third-order valence-electron chi connectivity index (χ3n) is 5.60. The molecule has 35 heavy (non-hydrogen) atoms. The van der Waals surface area contributed by atoms with Crippen LogP contribution in [0.4, 0.5) is 27.1 Å². The fraction of sp³-hybridized carbons (Fsp3) is 0.333. The van der Waals surface area contributed by atoms with Gasteiger partial charge in [0.1, 0.15) is 22.9 Å². The van der Waals surface area contributed by atoms with Gasteiger partial charge in [0.05, 0.1) is 12.2 Å². The Balaban J connectivity index is 1.51. The van der Waals surface area contributed by atoms with Gasteiger partial charge in [-0.1, -0.05) is 6.07 Å². The maximum atomic E-state index is 14.6. The van der Waals surface area contributed by atoms with Crippen LogP contribution in [0.15, 0.2) is 41.6 Å². The molecule has 1 aliphatic rings. The summed E-state index contributed by atoms with van der Waals surface area (Å²) in [6, 6.07) is 4.66. The molecule has 188 valence electrons. The molecule has 1 saturated heterocycles. The van der Waals surface area contributed by atoms with E-state index in [0.717, 1.165) is 30.0 Å². The van der Waals surface area contributed by atoms with E-state index in [1.165, 1.54) is 6.07 Å². The lowest BCUT2D eigenvalue weighted by molar-refractivity contribution is 0.146. The van der Waals surface area contributed by atoms with Gasteiger partial charge in [0.15, 0.2) is 11.6 Å². The molecule has 14 heteroatoms. The van der Waals surface area contributed by atoms with E-state index in [0.29, 0.717) is 37.2 Å². The van der Waals surface area contributed by atoms with Crippen molar-refractivity contribution in [3.8, 4) is 5.75 Å². The number of piperidine rings is 1. The minimum atomic E-state index is -4.46. The van der Waals surface area contributed by atoms with Gasteiger partial charge in [0.25, 0.3) is 16.4 Å². The van der Waals surface area contributed by atoms with Crippen LogP contribution in [0.1, 0.15) is 29.9 Å². The van der Waals surface area contributed by atoms with E-state index in [1.807, 2.05) is 4.72 Å². The maximum absolute atomic E-state index is 14.6. The van der Waals surface area contributed by atoms with Crippen molar-refractivity contribution in [2.24, 2.45) is 5.92 Å². The summed E-state index contributed by atoms with van der Waals surface area (Å²) in [5.74, 6) is -4.47. The topological polar surface area (TPSA) is 93.2 Å². The van der Waals surface area contributed by atoms with Gasteiger partial charge >= 0.3 is 0 Å². The number of anilines is 1. The molecule has 1 aromatic heterocycles. The van der Waals surface area contributed by atoms with Crippen molar-refractivity contribution < 1.29 is 35.1 Å². The fourth-order valence-corrected chi connectivity index (χ4v) is 5.64. The Morgan fingerprint density at radius 2 is 1.94 bits per heavy atom. The molecule has 0 radical (unpaired) electrons. The van der Waals surface area contributed by atoms with Gasteiger partial charge < -0.3 is 10.1 Å². The first-order valence-electron chi connectivity index (χ1n) is 10.3. The van der Waals surface area contributed by atoms with E-state index >= 15 is 0 Å². The second-order valence-electron chi connectivity index (χ2n) is 7.82. The molecule has 0 spiro atoms. The first-order valence-corrected chi connectivity index (χ1v) is 12.6. The van der Waals surface area contributed by atoms with Crippen LogP contribution in [-0.2, 0) is 10.0 Å². The van der Waals surface area contributed by atoms with Gasteiger partial charge in [-0.3, -0.25) is 4.72 Å². The monoisotopic (exact) mass is 534 g/mol. The van der Waals surface area contributed by atoms with E-state index in [-0.39, 0.29) is 23.6 Å². The number of hydrogen-bond acceptors (Lipinski definition) is 7. The number of halogens is 5. The molecule has 2 N–H and O–H groups in total. The molecule has 2 atom stereocenters. The Morgan fingerprint density at radius 3 is 2.66 bits per heavy atom. The van der Waals surface area contributed by atoms with Crippen molar-refractivity contribution in [1.82, 2.24) is 14.7 Å². The molecule has 4 rings (SSSR count). The number of rotatable bonds is 8. The predicted molar refractivity (Wildman–Crippen MR) is 118 cm³/mol. The quantitative estimate of drug-likeness (QED) is 0.415. The average Bonchev–Trinajstić information content (AvgIpc) is 3.32. The normalized spacial score (nSPS) is 18.6. The molecule has 0 aliphatic carbocycles. The first-order chi connectivity index (χ1) is 16.7. The predicted octanol–water partition coefficient (Wildman–Crippen LogP) is 4.47. The van der Waals surface area contributed by atoms with Crippen molar-refractivity contribution in [2.45, 2.75) is 23.7 Å². The second kappa shape index (κ2) is 10.4. The van der Waals surface area contributed by atoms with Gasteiger partial charge in [-0.05, 0) is 36.6 Å². The van der Waals surface area contributed by atoms with Crippen LogP contribution in [0.25, 0.3) is 0 Å². The third-order valence-corrected chi connectivity index (χ3v) is 7.67. The van der Waals surface area contributed by atoms with Gasteiger partial charge in [0, 0.05) is 36.1 Å². The summed E-state index contributed by atoms with van der Waals surface area (Å²) in [5.41, 5.74) is -0.208. The average molecular weight is 535 g/mol. The summed E-state index contributed by atoms with van der Waals surface area (Å²) in [5, 5.41) is 3.01. The van der Waals surface area contributed by atoms with E-state index in [2.05, 4.69) is 14.7 Å². The van der Waals surface area contributed by atoms with Crippen LogP contribution in [0.5, 0.6) is 5.75 Å². The maximum Gasteiger partial charge on any atom is 0.266 e. The van der Waals surface area contributed by atoms with Crippen LogP contribution in [-0.4, -0.2) is 37.5 Å². The zero-order valence-electron chi connectivity index (χ0n) is 17.9. The zero-order chi connectivity index (χ0) is 25.2. The number of nitrogens with one attached hydrogen (secondary N) is 2. The second-order valence-corrected chi connectivity index (χ2v) is 10.2. The van der Waals surface area contributed by atoms with Crippen LogP contribution in [0, 0.1) is 23.4 Å². The van der Waals surface area contributed by atoms with Crippen molar-refractivity contribution in [3.05, 3.63) is 65.2 Å². The van der Waals surface area contributed by atoms with E-state index in [9.17, 15) is 30.4 Å². The van der Waals surface area contributed by atoms with E-state index < -0.39 is 50.1 Å². The van der Waals surface area contributed by atoms with Gasteiger partial charge in [0.2, 0.25) is 5.13 Å². The molecule has 2 aromatic carbocycles. The van der Waals surface area contributed by atoms with Crippen molar-refractivity contribution in [2.75, 3.05) is 24.4 Å². The van der Waals surface area contributed by atoms with Crippen LogP contribution in [0.2, 0.25) is 0 Å². The standard InChI is InChI=1S/C21H19F5N4O3S2/c22-15-2-1-11(5-14(15)20(25)26)13-3-4-27-8-12(13)9-33-18-6-17(24)19(7-16(18)23)35(31,32)30-21-28-10-29-34-21/h1-2,5-7,10,12-13,20,27H,3-4,8-9H2,(H,28,29,30)/t12-,13?/m0/s1. The van der Waals surface area contributed by atoms with Crippen molar-refractivity contribution >= 4 is 26.7 Å². The van der Waals surface area contributed by atoms with Gasteiger partial charge in [-0.2, -0.15) is 4.37 Å². The van der Waals surface area contributed by atoms with Gasteiger partial charge in [-0.25, -0.2) is 35.4 Å². The summed E-state index contributed by atoms with van der Waals surface area (Å²) < 4.78 is 105. The minimum absolute atomic E-state index is 0.114. The molecule has 1 fully saturated rings. The van der Waals surface area contributed by atoms with Crippen LogP contribution >= 0.6 is 11.5 Å². The van der Waals surface area contributed by atoms with Crippen molar-refractivity contribution in [1.29, 1.82) is 0 Å². The summed E-state index contributed by atoms with van der Waals surface area (Å²) in [7, 11) is -4.46. The summed E-state index contributed by atoms with van der Waals surface area (Å²) >= 11 is 0.722. The van der Waals surface area contributed by atoms with E-state index in [4.69, 9.17) is 4.74 Å². The highest BCUT2D eigenvalue weighted by Crippen LogP contribution is 2.35. The molecule has 0 amide bonds. The fourth-order valence-electron chi connectivity index (χ4n) is 3.91. The minimum Gasteiger partial charge on any atom is -0.490 e. The largest absolute Gasteiger partial charge is 0.490 e. The highest BCUT2D eigenvalue weighted by molar-refractivity contribution is 7.93. The Labute approximate surface area is 201 Å². The lowest BCUT2D eigenvalue weighted by Gasteiger charge is -2.32. The summed E-state index contributed by atoms with van der Waals surface area (Å²) in [4.78, 5) is 2.71. The molecular formula is C21H19F5N4O3S2. The van der Waals surface area contributed by atoms with Crippen molar-refractivity contribution in [3.63, 3.8) is 0 Å². The third kappa shape index (κ3) is 5.70. The number of sulfonamides is 1. The molecule has 1 unspecified atom stereocenters. The highest BCUT2D eigenvalue weighted by Gasteiger charge is 2.30. The Kier molecular flexibility index (Phi) is 7.52. The lowest BCUT2D eigenvalue weighted by Crippen LogP contribution is -2.38. The Hall–Kier alpha value is -2.84. The highest BCUT2D eigenvalue weighted by atomic mass is 32.2. The zero-order valence-corrected chi connectivity index (χ0v) is 19.5. The molecular weight excluding hydrogens is 515 g/mol. The molecule has 0 bridgehead atoms. The molecule has 2 heterocycles. The number of alkyl halides is 2. The summed E-state index contributed by atoms with van der Waals surface area (Å²) in [6.07, 6.45) is -1.34. The van der Waals surface area contributed by atoms with Crippen LogP contribution < -0.4 is 14.8 Å². The van der Waals surface area contributed by atoms with Gasteiger partial charge in [-0.15, -0.1) is 0 Å². The Bertz CT molecular complexity index is 1290. The number of nitrogens with zero attached hydrogens (tertiary/aromatic N) is 2. The smallest absolute Gasteiger partial charge is 0.266 e. The number of hydrogen-bond donors (Lipinski definition) is 2. The molecule has 7 nitrogen and oxygen atoms in total. The number of ether oxygens (including phenoxy) is 1. The molecule has 0 saturated carbocycles. The summed E-state index contributed by atoms with van der Waals surface area (Å²) in [6.45, 7) is 0.860. The van der Waals surface area contributed by atoms with Crippen LogP contribution in [0.3, 0.4) is 0 Å². The number of benzene rings is 2. The van der Waals surface area contributed by atoms with E-state index in [1.54, 1.807) is 0 Å². The number of aromatic nitrogens is 2. The molecule has 3 aromatic rings. The molecule has 1 aliphatic heterocycles. The lowest BCUT2D eigenvalue weighted by atomic mass is 9.81.